The molecule has 0 aliphatic carbocycles. The number of carbonyl (C=O) groups excluding carboxylic acids is 1. The second-order valence-electron chi connectivity index (χ2n) is 4.76. The van der Waals surface area contributed by atoms with Gasteiger partial charge in [0.25, 0.3) is 0 Å². The lowest BCUT2D eigenvalue weighted by Gasteiger charge is -2.20. The zero-order chi connectivity index (χ0) is 16.4. The van der Waals surface area contributed by atoms with Crippen molar-refractivity contribution >= 4 is 23.4 Å². The summed E-state index contributed by atoms with van der Waals surface area (Å²) < 4.78 is 6.45. The summed E-state index contributed by atoms with van der Waals surface area (Å²) >= 11 is 1.43. The highest BCUT2D eigenvalue weighted by molar-refractivity contribution is 8.04. The molecule has 0 atom stereocenters. The number of esters is 1. The Labute approximate surface area is 136 Å². The summed E-state index contributed by atoms with van der Waals surface area (Å²) in [5, 5.41) is 20.9. The van der Waals surface area contributed by atoms with Gasteiger partial charge in [0.05, 0.1) is 12.5 Å². The van der Waals surface area contributed by atoms with Gasteiger partial charge in [0, 0.05) is 11.4 Å². The van der Waals surface area contributed by atoms with Crippen LogP contribution in [0.25, 0.3) is 5.69 Å². The van der Waals surface area contributed by atoms with Gasteiger partial charge in [-0.25, -0.2) is 4.79 Å². The molecule has 2 aromatic rings. The summed E-state index contributed by atoms with van der Waals surface area (Å²) in [7, 11) is 0. The summed E-state index contributed by atoms with van der Waals surface area (Å²) in [5.74, 6) is 0.358. The van der Waals surface area contributed by atoms with Crippen molar-refractivity contribution in [2.45, 2.75) is 13.8 Å². The zero-order valence-electron chi connectivity index (χ0n) is 12.6. The molecule has 1 aromatic carbocycles. The lowest BCUT2D eigenvalue weighted by atomic mass is 10.2. The largest absolute Gasteiger partial charge is 0.506 e. The maximum Gasteiger partial charge on any atom is 0.346 e. The number of tetrazole rings is 1. The van der Waals surface area contributed by atoms with Crippen molar-refractivity contribution in [3.8, 4) is 11.4 Å². The van der Waals surface area contributed by atoms with Gasteiger partial charge in [-0.1, -0.05) is 11.8 Å². The summed E-state index contributed by atoms with van der Waals surface area (Å²) in [4.78, 5) is 14.5. The molecule has 3 rings (SSSR count). The smallest absolute Gasteiger partial charge is 0.346 e. The first-order valence-electron chi connectivity index (χ1n) is 6.96. The third-order valence-corrected chi connectivity index (χ3v) is 4.54. The van der Waals surface area contributed by atoms with Crippen molar-refractivity contribution in [1.29, 1.82) is 0 Å². The van der Waals surface area contributed by atoms with Crippen LogP contribution >= 0.6 is 11.8 Å². The molecule has 0 bridgehead atoms. The second-order valence-corrected chi connectivity index (χ2v) is 5.72. The van der Waals surface area contributed by atoms with E-state index in [4.69, 9.17) is 4.74 Å². The van der Waals surface area contributed by atoms with Crippen LogP contribution in [0.1, 0.15) is 13.8 Å². The molecule has 120 valence electrons. The molecule has 0 unspecified atom stereocenters. The van der Waals surface area contributed by atoms with E-state index in [1.807, 2.05) is 11.8 Å². The van der Waals surface area contributed by atoms with Crippen molar-refractivity contribution in [2.24, 2.45) is 0 Å². The van der Waals surface area contributed by atoms with Gasteiger partial charge in [-0.3, -0.25) is 0 Å². The molecule has 1 N–H and O–H groups in total. The van der Waals surface area contributed by atoms with Crippen LogP contribution in [0, 0.1) is 0 Å². The molecule has 0 saturated carbocycles. The SMILES string of the molecule is CCOC(=O)C1=C(C)N(c2ccc(O)c(-n3cnnn3)c2)CS1. The van der Waals surface area contributed by atoms with E-state index in [1.54, 1.807) is 25.1 Å². The fourth-order valence-electron chi connectivity index (χ4n) is 2.26. The quantitative estimate of drug-likeness (QED) is 0.845. The number of phenols is 1. The number of aromatic hydroxyl groups is 1. The Balaban J connectivity index is 1.94. The number of phenolic OH excluding ortho intramolecular Hbond substituents is 1. The van der Waals surface area contributed by atoms with Gasteiger partial charge in [-0.15, -0.1) is 5.10 Å². The number of nitrogens with zero attached hydrogens (tertiary/aromatic N) is 5. The Morgan fingerprint density at radius 1 is 1.48 bits per heavy atom. The summed E-state index contributed by atoms with van der Waals surface area (Å²) in [5.41, 5.74) is 2.12. The number of thioether (sulfide) groups is 1. The topological polar surface area (TPSA) is 93.4 Å². The van der Waals surface area contributed by atoms with Gasteiger partial charge in [-0.05, 0) is 42.5 Å². The van der Waals surface area contributed by atoms with Crippen LogP contribution in [0.15, 0.2) is 35.1 Å². The second kappa shape index (κ2) is 6.29. The third kappa shape index (κ3) is 2.87. The maximum atomic E-state index is 11.9. The van der Waals surface area contributed by atoms with Gasteiger partial charge in [-0.2, -0.15) is 4.68 Å². The van der Waals surface area contributed by atoms with E-state index in [1.165, 1.54) is 22.8 Å². The molecular formula is C14H15N5O3S. The van der Waals surface area contributed by atoms with Gasteiger partial charge in [0.2, 0.25) is 0 Å². The predicted molar refractivity (Wildman–Crippen MR) is 85.1 cm³/mol. The normalized spacial score (nSPS) is 14.4. The molecule has 0 fully saturated rings. The molecule has 0 radical (unpaired) electrons. The Morgan fingerprint density at radius 3 is 3.00 bits per heavy atom. The van der Waals surface area contributed by atoms with Crippen LogP contribution in [0.3, 0.4) is 0 Å². The first-order chi connectivity index (χ1) is 11.1. The molecule has 0 saturated heterocycles. The van der Waals surface area contributed by atoms with Gasteiger partial charge in [0.15, 0.2) is 0 Å². The van der Waals surface area contributed by atoms with Gasteiger partial charge < -0.3 is 14.7 Å². The van der Waals surface area contributed by atoms with Crippen molar-refractivity contribution in [1.82, 2.24) is 20.2 Å². The maximum absolute atomic E-state index is 11.9. The van der Waals surface area contributed by atoms with Crippen LogP contribution in [0.4, 0.5) is 5.69 Å². The highest BCUT2D eigenvalue weighted by atomic mass is 32.2. The molecule has 1 aromatic heterocycles. The average Bonchev–Trinajstić information content (AvgIpc) is 3.18. The molecule has 1 aliphatic heterocycles. The summed E-state index contributed by atoms with van der Waals surface area (Å²) in [6.07, 6.45) is 1.41. The number of hydrogen-bond donors (Lipinski definition) is 1. The molecular weight excluding hydrogens is 318 g/mol. The molecule has 2 heterocycles. The number of allylic oxidation sites excluding steroid dienone is 1. The minimum Gasteiger partial charge on any atom is -0.506 e. The molecule has 9 heteroatoms. The fourth-order valence-corrected chi connectivity index (χ4v) is 3.36. The number of rotatable bonds is 4. The molecule has 0 amide bonds. The minimum absolute atomic E-state index is 0.0696. The van der Waals surface area contributed by atoms with Gasteiger partial charge >= 0.3 is 5.97 Å². The number of carbonyl (C=O) groups is 1. The lowest BCUT2D eigenvalue weighted by Crippen LogP contribution is -2.17. The van der Waals surface area contributed by atoms with Crippen LogP contribution in [-0.2, 0) is 9.53 Å². The Bertz CT molecular complexity index is 760. The van der Waals surface area contributed by atoms with E-state index in [9.17, 15) is 9.90 Å². The van der Waals surface area contributed by atoms with E-state index in [2.05, 4.69) is 15.5 Å². The standard InChI is InChI=1S/C14H15N5O3S/c1-3-22-14(21)13-9(2)18(8-23-13)10-4-5-12(20)11(6-10)19-7-15-16-17-19/h4-7,20H,3,8H2,1-2H3. The highest BCUT2D eigenvalue weighted by Crippen LogP contribution is 2.38. The van der Waals surface area contributed by atoms with Crippen LogP contribution in [-0.4, -0.2) is 43.8 Å². The van der Waals surface area contributed by atoms with E-state index in [0.29, 0.717) is 23.1 Å². The van der Waals surface area contributed by atoms with E-state index < -0.39 is 0 Å². The van der Waals surface area contributed by atoms with Crippen LogP contribution < -0.4 is 4.90 Å². The van der Waals surface area contributed by atoms with E-state index in [-0.39, 0.29) is 11.7 Å². The number of aromatic nitrogens is 4. The van der Waals surface area contributed by atoms with E-state index >= 15 is 0 Å². The molecule has 23 heavy (non-hydrogen) atoms. The predicted octanol–water partition coefficient (Wildman–Crippen LogP) is 1.67. The number of anilines is 1. The monoisotopic (exact) mass is 333 g/mol. The fraction of sp³-hybridized carbons (Fsp3) is 0.286. The first-order valence-corrected chi connectivity index (χ1v) is 7.95. The van der Waals surface area contributed by atoms with Crippen molar-refractivity contribution < 1.29 is 14.6 Å². The number of benzene rings is 1. The molecule has 0 spiro atoms. The average molecular weight is 333 g/mol. The summed E-state index contributed by atoms with van der Waals surface area (Å²) in [6.45, 7) is 4.00. The Hall–Kier alpha value is -2.55. The first kappa shape index (κ1) is 15.3. The minimum atomic E-state index is -0.308. The van der Waals surface area contributed by atoms with Crippen LogP contribution in [0.2, 0.25) is 0 Å². The van der Waals surface area contributed by atoms with E-state index in [0.717, 1.165) is 11.4 Å². The van der Waals surface area contributed by atoms with Crippen molar-refractivity contribution in [3.63, 3.8) is 0 Å². The number of ether oxygens (including phenoxy) is 1. The van der Waals surface area contributed by atoms with Crippen LogP contribution in [0.5, 0.6) is 5.75 Å². The zero-order valence-corrected chi connectivity index (χ0v) is 13.4. The number of hydrogen-bond acceptors (Lipinski definition) is 8. The molecule has 1 aliphatic rings. The Morgan fingerprint density at radius 2 is 2.30 bits per heavy atom. The lowest BCUT2D eigenvalue weighted by molar-refractivity contribution is -0.137. The third-order valence-electron chi connectivity index (χ3n) is 3.40. The molecule has 8 nitrogen and oxygen atoms in total. The van der Waals surface area contributed by atoms with Crippen molar-refractivity contribution in [3.05, 3.63) is 35.1 Å². The highest BCUT2D eigenvalue weighted by Gasteiger charge is 2.27. The summed E-state index contributed by atoms with van der Waals surface area (Å²) in [6, 6.07) is 5.12. The van der Waals surface area contributed by atoms with Crippen molar-refractivity contribution in [2.75, 3.05) is 17.4 Å². The Kier molecular flexibility index (Phi) is 4.20. The van der Waals surface area contributed by atoms with Gasteiger partial charge in [0.1, 0.15) is 22.7 Å².